The summed E-state index contributed by atoms with van der Waals surface area (Å²) in [7, 11) is 0. The number of nitrogens with one attached hydrogen (secondary N) is 2. The topological polar surface area (TPSA) is 84.1 Å². The van der Waals surface area contributed by atoms with Crippen LogP contribution in [-0.4, -0.2) is 27.4 Å². The number of carbonyl (C=O) groups is 2. The first-order valence-electron chi connectivity index (χ1n) is 5.38. The van der Waals surface area contributed by atoms with Gasteiger partial charge in [-0.15, -0.1) is 0 Å². The van der Waals surface area contributed by atoms with Gasteiger partial charge in [0, 0.05) is 18.8 Å². The van der Waals surface area contributed by atoms with E-state index in [9.17, 15) is 9.59 Å². The molecule has 0 aliphatic rings. The number of hydrogen-bond donors (Lipinski definition) is 2. The zero-order valence-corrected chi connectivity index (χ0v) is 10.2. The number of H-pyrrole nitrogens is 1. The van der Waals surface area contributed by atoms with Crippen LogP contribution in [0.4, 0.5) is 5.95 Å². The van der Waals surface area contributed by atoms with Crippen molar-refractivity contribution in [3.05, 3.63) is 12.4 Å². The minimum Gasteiger partial charge on any atom is -0.460 e. The molecule has 6 heteroatoms. The fourth-order valence-electron chi connectivity index (χ4n) is 1.14. The van der Waals surface area contributed by atoms with Crippen LogP contribution in [0.15, 0.2) is 12.4 Å². The summed E-state index contributed by atoms with van der Waals surface area (Å²) in [6.45, 7) is 5.36. The van der Waals surface area contributed by atoms with Crippen LogP contribution in [0.3, 0.4) is 0 Å². The van der Waals surface area contributed by atoms with E-state index >= 15 is 0 Å². The van der Waals surface area contributed by atoms with E-state index in [0.29, 0.717) is 5.95 Å². The van der Waals surface area contributed by atoms with Gasteiger partial charge in [-0.05, 0) is 20.8 Å². The second-order valence-electron chi connectivity index (χ2n) is 4.57. The monoisotopic (exact) mass is 239 g/mol. The van der Waals surface area contributed by atoms with Gasteiger partial charge < -0.3 is 9.72 Å². The van der Waals surface area contributed by atoms with Crippen LogP contribution in [0.1, 0.15) is 33.6 Å². The first kappa shape index (κ1) is 13.2. The lowest BCUT2D eigenvalue weighted by Crippen LogP contribution is -2.24. The van der Waals surface area contributed by atoms with E-state index in [0.717, 1.165) is 0 Å². The van der Waals surface area contributed by atoms with Gasteiger partial charge in [-0.25, -0.2) is 4.98 Å². The molecule has 1 heterocycles. The Balaban J connectivity index is 2.26. The van der Waals surface area contributed by atoms with Crippen LogP contribution in [0.25, 0.3) is 0 Å². The molecule has 0 saturated heterocycles. The summed E-state index contributed by atoms with van der Waals surface area (Å²) in [5, 5.41) is 2.53. The molecule has 0 saturated carbocycles. The highest BCUT2D eigenvalue weighted by Gasteiger charge is 2.17. The molecule has 0 aromatic carbocycles. The van der Waals surface area contributed by atoms with Crippen LogP contribution in [0.5, 0.6) is 0 Å². The summed E-state index contributed by atoms with van der Waals surface area (Å²) >= 11 is 0. The Morgan fingerprint density at radius 3 is 2.65 bits per heavy atom. The summed E-state index contributed by atoms with van der Waals surface area (Å²) in [5.74, 6) is -0.280. The molecule has 2 N–H and O–H groups in total. The van der Waals surface area contributed by atoms with Gasteiger partial charge in [0.05, 0.1) is 6.42 Å². The van der Waals surface area contributed by atoms with Crippen molar-refractivity contribution in [3.63, 3.8) is 0 Å². The molecule has 1 rings (SSSR count). The molecule has 6 nitrogen and oxygen atoms in total. The standard InChI is InChI=1S/C11H17N3O3/c1-11(2,3)17-9(16)5-4-8(15)14-10-12-6-7-13-10/h6-7H,4-5H2,1-3H3,(H2,12,13,14,15). The number of aromatic nitrogens is 2. The van der Waals surface area contributed by atoms with E-state index in [1.54, 1.807) is 27.0 Å². The third-order valence-electron chi connectivity index (χ3n) is 1.73. The third-order valence-corrected chi connectivity index (χ3v) is 1.73. The number of hydrogen-bond acceptors (Lipinski definition) is 4. The van der Waals surface area contributed by atoms with Crippen molar-refractivity contribution >= 4 is 17.8 Å². The van der Waals surface area contributed by atoms with Gasteiger partial charge in [-0.2, -0.15) is 0 Å². The Morgan fingerprint density at radius 2 is 2.12 bits per heavy atom. The lowest BCUT2D eigenvalue weighted by atomic mass is 10.2. The molecular weight excluding hydrogens is 222 g/mol. The molecule has 0 spiro atoms. The first-order chi connectivity index (χ1) is 7.87. The van der Waals surface area contributed by atoms with E-state index < -0.39 is 5.60 Å². The highest BCUT2D eigenvalue weighted by atomic mass is 16.6. The SMILES string of the molecule is CC(C)(C)OC(=O)CCC(=O)Nc1ncc[nH]1. The zero-order valence-electron chi connectivity index (χ0n) is 10.2. The highest BCUT2D eigenvalue weighted by Crippen LogP contribution is 2.09. The fraction of sp³-hybridized carbons (Fsp3) is 0.545. The molecular formula is C11H17N3O3. The first-order valence-corrected chi connectivity index (χ1v) is 5.38. The van der Waals surface area contributed by atoms with E-state index in [1.165, 1.54) is 6.20 Å². The van der Waals surface area contributed by atoms with Crippen LogP contribution in [-0.2, 0) is 14.3 Å². The van der Waals surface area contributed by atoms with Crippen LogP contribution in [0, 0.1) is 0 Å². The maximum absolute atomic E-state index is 11.4. The van der Waals surface area contributed by atoms with Crippen LogP contribution >= 0.6 is 0 Å². The molecule has 0 radical (unpaired) electrons. The molecule has 17 heavy (non-hydrogen) atoms. The molecule has 0 unspecified atom stereocenters. The second-order valence-corrected chi connectivity index (χ2v) is 4.57. The van der Waals surface area contributed by atoms with Crippen molar-refractivity contribution in [2.75, 3.05) is 5.32 Å². The van der Waals surface area contributed by atoms with Gasteiger partial charge in [0.15, 0.2) is 0 Å². The number of ether oxygens (including phenoxy) is 1. The van der Waals surface area contributed by atoms with Crippen molar-refractivity contribution in [2.45, 2.75) is 39.2 Å². The van der Waals surface area contributed by atoms with E-state index in [1.807, 2.05) is 0 Å². The number of rotatable bonds is 4. The molecule has 1 aromatic rings. The molecule has 0 aliphatic carbocycles. The van der Waals surface area contributed by atoms with Gasteiger partial charge in [-0.3, -0.25) is 14.9 Å². The van der Waals surface area contributed by atoms with Crippen molar-refractivity contribution in [3.8, 4) is 0 Å². The number of anilines is 1. The minimum absolute atomic E-state index is 0.0593. The Labute approximate surface area is 99.8 Å². The Kier molecular flexibility index (Phi) is 4.25. The number of aromatic amines is 1. The molecule has 0 atom stereocenters. The van der Waals surface area contributed by atoms with Crippen molar-refractivity contribution in [1.82, 2.24) is 9.97 Å². The molecule has 0 bridgehead atoms. The molecule has 1 amide bonds. The third kappa shape index (κ3) is 5.70. The Hall–Kier alpha value is -1.85. The average molecular weight is 239 g/mol. The molecule has 0 aliphatic heterocycles. The number of esters is 1. The minimum atomic E-state index is -0.519. The van der Waals surface area contributed by atoms with Gasteiger partial charge in [0.1, 0.15) is 5.60 Å². The van der Waals surface area contributed by atoms with Gasteiger partial charge in [-0.1, -0.05) is 0 Å². The highest BCUT2D eigenvalue weighted by molar-refractivity contribution is 5.91. The largest absolute Gasteiger partial charge is 0.460 e. The summed E-state index contributed by atoms with van der Waals surface area (Å²) in [4.78, 5) is 29.3. The average Bonchev–Trinajstić information content (AvgIpc) is 2.64. The fourth-order valence-corrected chi connectivity index (χ4v) is 1.14. The number of nitrogens with zero attached hydrogens (tertiary/aromatic N) is 1. The maximum Gasteiger partial charge on any atom is 0.306 e. The summed E-state index contributed by atoms with van der Waals surface area (Å²) in [5.41, 5.74) is -0.519. The predicted octanol–water partition coefficient (Wildman–Crippen LogP) is 1.47. The van der Waals surface area contributed by atoms with E-state index in [4.69, 9.17) is 4.74 Å². The van der Waals surface area contributed by atoms with Gasteiger partial charge >= 0.3 is 5.97 Å². The van der Waals surface area contributed by atoms with Crippen molar-refractivity contribution in [2.24, 2.45) is 0 Å². The second kappa shape index (κ2) is 5.47. The molecule has 94 valence electrons. The normalized spacial score (nSPS) is 11.0. The zero-order chi connectivity index (χ0) is 12.9. The Bertz CT molecular complexity index is 379. The summed E-state index contributed by atoms with van der Waals surface area (Å²) in [6, 6.07) is 0. The Morgan fingerprint density at radius 1 is 1.41 bits per heavy atom. The van der Waals surface area contributed by atoms with Crippen LogP contribution in [0.2, 0.25) is 0 Å². The smallest absolute Gasteiger partial charge is 0.306 e. The van der Waals surface area contributed by atoms with E-state index in [-0.39, 0.29) is 24.7 Å². The lowest BCUT2D eigenvalue weighted by Gasteiger charge is -2.19. The van der Waals surface area contributed by atoms with Crippen LogP contribution < -0.4 is 5.32 Å². The number of amides is 1. The van der Waals surface area contributed by atoms with Gasteiger partial charge in [0.25, 0.3) is 0 Å². The predicted molar refractivity (Wildman–Crippen MR) is 62.3 cm³/mol. The number of carbonyl (C=O) groups excluding carboxylic acids is 2. The van der Waals surface area contributed by atoms with Gasteiger partial charge in [0.2, 0.25) is 11.9 Å². The van der Waals surface area contributed by atoms with Crippen molar-refractivity contribution in [1.29, 1.82) is 0 Å². The molecule has 1 aromatic heterocycles. The van der Waals surface area contributed by atoms with Crippen molar-refractivity contribution < 1.29 is 14.3 Å². The van der Waals surface area contributed by atoms with E-state index in [2.05, 4.69) is 15.3 Å². The summed E-state index contributed by atoms with van der Waals surface area (Å²) in [6.07, 6.45) is 3.27. The number of imidazole rings is 1. The lowest BCUT2D eigenvalue weighted by molar-refractivity contribution is -0.155. The molecule has 0 fully saturated rings. The maximum atomic E-state index is 11.4. The quantitative estimate of drug-likeness (QED) is 0.779. The summed E-state index contributed by atoms with van der Waals surface area (Å²) < 4.78 is 5.08.